The molecule has 12 heavy (non-hydrogen) atoms. The molecule has 0 aliphatic heterocycles. The van der Waals surface area contributed by atoms with Gasteiger partial charge in [-0.3, -0.25) is 0 Å². The second-order valence-electron chi connectivity index (χ2n) is 2.55. The van der Waals surface area contributed by atoms with Crippen molar-refractivity contribution in [1.29, 1.82) is 0 Å². The van der Waals surface area contributed by atoms with Crippen molar-refractivity contribution in [2.75, 3.05) is 13.2 Å². The Kier molecular flexibility index (Phi) is 3.44. The van der Waals surface area contributed by atoms with Gasteiger partial charge in [-0.2, -0.15) is 0 Å². The summed E-state index contributed by atoms with van der Waals surface area (Å²) < 4.78 is 4.43. The fourth-order valence-electron chi connectivity index (χ4n) is 0.914. The van der Waals surface area contributed by atoms with E-state index in [1.807, 2.05) is 12.2 Å². The van der Waals surface area contributed by atoms with E-state index >= 15 is 0 Å². The number of rotatable bonds is 3. The number of hydrogen-bond donors (Lipinski definition) is 1. The average molecular weight is 208 g/mol. The monoisotopic (exact) mass is 207 g/mol. The highest BCUT2D eigenvalue weighted by Crippen LogP contribution is 2.32. The molecule has 68 valence electrons. The van der Waals surface area contributed by atoms with Crippen molar-refractivity contribution >= 4 is 23.2 Å². The van der Waals surface area contributed by atoms with Gasteiger partial charge in [-0.25, -0.2) is 0 Å². The number of halogens is 2. The van der Waals surface area contributed by atoms with Crippen molar-refractivity contribution < 1.29 is 4.74 Å². The van der Waals surface area contributed by atoms with Crippen LogP contribution in [0.25, 0.3) is 0 Å². The van der Waals surface area contributed by atoms with Gasteiger partial charge in [-0.1, -0.05) is 29.3 Å². The molecule has 0 spiro atoms. The van der Waals surface area contributed by atoms with E-state index in [4.69, 9.17) is 33.7 Å². The average Bonchev–Trinajstić information content (AvgIpc) is 1.99. The van der Waals surface area contributed by atoms with Gasteiger partial charge in [-0.05, 0) is 12.2 Å². The van der Waals surface area contributed by atoms with E-state index in [2.05, 4.69) is 0 Å². The molecule has 0 radical (unpaired) electrons. The highest BCUT2D eigenvalue weighted by molar-refractivity contribution is 6.50. The van der Waals surface area contributed by atoms with E-state index in [0.717, 1.165) is 0 Å². The van der Waals surface area contributed by atoms with Crippen molar-refractivity contribution in [1.82, 2.24) is 0 Å². The summed E-state index contributed by atoms with van der Waals surface area (Å²) in [6, 6.07) is 0. The van der Waals surface area contributed by atoms with Crippen LogP contribution in [0.1, 0.15) is 6.42 Å². The maximum absolute atomic E-state index is 5.87. The van der Waals surface area contributed by atoms with Crippen LogP contribution in [-0.4, -0.2) is 17.5 Å². The van der Waals surface area contributed by atoms with Crippen LogP contribution in [0.3, 0.4) is 0 Å². The van der Waals surface area contributed by atoms with E-state index in [1.165, 1.54) is 0 Å². The summed E-state index contributed by atoms with van der Waals surface area (Å²) in [5.41, 5.74) is 5.27. The molecule has 0 heterocycles. The SMILES string of the molecule is NCCOC1=CC(Cl)(Cl)CC=C1. The molecule has 4 heteroatoms. The molecule has 0 saturated heterocycles. The van der Waals surface area contributed by atoms with Gasteiger partial charge in [0.1, 0.15) is 16.7 Å². The molecule has 0 bridgehead atoms. The van der Waals surface area contributed by atoms with E-state index < -0.39 is 4.33 Å². The fraction of sp³-hybridized carbons (Fsp3) is 0.500. The molecule has 0 fully saturated rings. The first-order valence-corrected chi connectivity index (χ1v) is 4.50. The summed E-state index contributed by atoms with van der Waals surface area (Å²) in [5, 5.41) is 0. The Balaban J connectivity index is 2.52. The van der Waals surface area contributed by atoms with Crippen LogP contribution < -0.4 is 5.73 Å². The van der Waals surface area contributed by atoms with Crippen molar-refractivity contribution in [2.24, 2.45) is 5.73 Å². The fourth-order valence-corrected chi connectivity index (χ4v) is 1.31. The van der Waals surface area contributed by atoms with Crippen LogP contribution in [0.4, 0.5) is 0 Å². The number of ether oxygens (including phenoxy) is 1. The first-order chi connectivity index (χ1) is 5.64. The second-order valence-corrected chi connectivity index (χ2v) is 4.09. The second kappa shape index (κ2) is 4.17. The summed E-state index contributed by atoms with van der Waals surface area (Å²) in [7, 11) is 0. The van der Waals surface area contributed by atoms with E-state index in [0.29, 0.717) is 25.3 Å². The minimum atomic E-state index is -0.821. The lowest BCUT2D eigenvalue weighted by Gasteiger charge is -2.18. The maximum atomic E-state index is 5.87. The highest BCUT2D eigenvalue weighted by atomic mass is 35.5. The molecule has 1 rings (SSSR count). The maximum Gasteiger partial charge on any atom is 0.143 e. The molecule has 2 nitrogen and oxygen atoms in total. The van der Waals surface area contributed by atoms with E-state index in [1.54, 1.807) is 6.08 Å². The molecular formula is C8H11Cl2NO. The molecule has 0 amide bonds. The Morgan fingerprint density at radius 1 is 1.58 bits per heavy atom. The van der Waals surface area contributed by atoms with Gasteiger partial charge < -0.3 is 10.5 Å². The van der Waals surface area contributed by atoms with Crippen molar-refractivity contribution in [3.8, 4) is 0 Å². The lowest BCUT2D eigenvalue weighted by molar-refractivity contribution is 0.231. The van der Waals surface area contributed by atoms with Gasteiger partial charge in [0, 0.05) is 13.0 Å². The topological polar surface area (TPSA) is 35.2 Å². The predicted molar refractivity (Wildman–Crippen MR) is 51.3 cm³/mol. The van der Waals surface area contributed by atoms with Crippen LogP contribution in [0, 0.1) is 0 Å². The minimum absolute atomic E-state index is 0.486. The summed E-state index contributed by atoms with van der Waals surface area (Å²) in [4.78, 5) is 0. The van der Waals surface area contributed by atoms with Gasteiger partial charge >= 0.3 is 0 Å². The number of hydrogen-bond acceptors (Lipinski definition) is 2. The number of alkyl halides is 2. The zero-order chi connectivity index (χ0) is 9.03. The third-order valence-electron chi connectivity index (χ3n) is 1.41. The molecule has 0 saturated carbocycles. The third kappa shape index (κ3) is 3.05. The summed E-state index contributed by atoms with van der Waals surface area (Å²) >= 11 is 11.7. The van der Waals surface area contributed by atoms with E-state index in [9.17, 15) is 0 Å². The lowest BCUT2D eigenvalue weighted by Crippen LogP contribution is -2.14. The van der Waals surface area contributed by atoms with Gasteiger partial charge in [0.25, 0.3) is 0 Å². The van der Waals surface area contributed by atoms with Crippen LogP contribution >= 0.6 is 23.2 Å². The summed E-state index contributed by atoms with van der Waals surface area (Å²) in [5.74, 6) is 0.691. The predicted octanol–water partition coefficient (Wildman–Crippen LogP) is 1.98. The molecule has 2 N–H and O–H groups in total. The van der Waals surface area contributed by atoms with Crippen LogP contribution in [0.5, 0.6) is 0 Å². The van der Waals surface area contributed by atoms with Crippen LogP contribution in [0.2, 0.25) is 0 Å². The minimum Gasteiger partial charge on any atom is -0.493 e. The molecule has 0 atom stereocenters. The molecule has 0 aromatic rings. The van der Waals surface area contributed by atoms with Gasteiger partial charge in [-0.15, -0.1) is 0 Å². The Morgan fingerprint density at radius 3 is 2.92 bits per heavy atom. The molecule has 0 aromatic heterocycles. The molecular weight excluding hydrogens is 197 g/mol. The number of nitrogens with two attached hydrogens (primary N) is 1. The molecule has 0 aromatic carbocycles. The molecule has 0 unspecified atom stereocenters. The smallest absolute Gasteiger partial charge is 0.143 e. The first kappa shape index (κ1) is 9.90. The van der Waals surface area contributed by atoms with Crippen molar-refractivity contribution in [3.05, 3.63) is 24.0 Å². The Labute approximate surface area is 82.0 Å². The zero-order valence-corrected chi connectivity index (χ0v) is 8.11. The zero-order valence-electron chi connectivity index (χ0n) is 6.59. The molecule has 1 aliphatic carbocycles. The Morgan fingerprint density at radius 2 is 2.33 bits per heavy atom. The van der Waals surface area contributed by atoms with Crippen LogP contribution in [0.15, 0.2) is 24.0 Å². The largest absolute Gasteiger partial charge is 0.493 e. The van der Waals surface area contributed by atoms with E-state index in [-0.39, 0.29) is 0 Å². The first-order valence-electron chi connectivity index (χ1n) is 3.74. The van der Waals surface area contributed by atoms with Gasteiger partial charge in [0.15, 0.2) is 0 Å². The lowest BCUT2D eigenvalue weighted by atomic mass is 10.1. The Bertz CT molecular complexity index is 211. The van der Waals surface area contributed by atoms with Gasteiger partial charge in [0.2, 0.25) is 0 Å². The standard InChI is InChI=1S/C8H11Cl2NO/c9-8(10)3-1-2-7(6-8)12-5-4-11/h1-2,6H,3-5,11H2. The third-order valence-corrected chi connectivity index (χ3v) is 1.94. The highest BCUT2D eigenvalue weighted by Gasteiger charge is 2.22. The molecule has 1 aliphatic rings. The van der Waals surface area contributed by atoms with Crippen molar-refractivity contribution in [2.45, 2.75) is 10.8 Å². The normalized spacial score (nSPS) is 20.4. The number of allylic oxidation sites excluding steroid dienone is 3. The van der Waals surface area contributed by atoms with Crippen molar-refractivity contribution in [3.63, 3.8) is 0 Å². The van der Waals surface area contributed by atoms with Gasteiger partial charge in [0.05, 0.1) is 0 Å². The van der Waals surface area contributed by atoms with Crippen LogP contribution in [-0.2, 0) is 4.74 Å². The quantitative estimate of drug-likeness (QED) is 0.719. The Hall–Kier alpha value is -0.180. The summed E-state index contributed by atoms with van der Waals surface area (Å²) in [6.07, 6.45) is 6.03. The summed E-state index contributed by atoms with van der Waals surface area (Å²) in [6.45, 7) is 0.975.